The van der Waals surface area contributed by atoms with Crippen molar-refractivity contribution in [1.29, 1.82) is 0 Å². The molecule has 0 atom stereocenters. The van der Waals surface area contributed by atoms with Crippen molar-refractivity contribution >= 4 is 5.97 Å². The topological polar surface area (TPSA) is 77.2 Å². The summed E-state index contributed by atoms with van der Waals surface area (Å²) in [6.45, 7) is 0.535. The summed E-state index contributed by atoms with van der Waals surface area (Å²) < 4.78 is 6.82. The number of aromatic nitrogens is 3. The molecule has 2 aromatic rings. The fourth-order valence-electron chi connectivity index (χ4n) is 1.79. The Morgan fingerprint density at radius 2 is 2.11 bits per heavy atom. The molecule has 0 fully saturated rings. The van der Waals surface area contributed by atoms with E-state index < -0.39 is 5.97 Å². The molecule has 1 heterocycles. The summed E-state index contributed by atoms with van der Waals surface area (Å²) in [4.78, 5) is 10.5. The highest BCUT2D eigenvalue weighted by atomic mass is 16.5. The number of aliphatic carboxylic acids is 1. The Morgan fingerprint density at radius 1 is 1.37 bits per heavy atom. The third kappa shape index (κ3) is 3.31. The quantitative estimate of drug-likeness (QED) is 0.858. The number of methoxy groups -OCH3 is 1. The van der Waals surface area contributed by atoms with Crippen LogP contribution in [0.3, 0.4) is 0 Å². The number of carboxylic acid groups (broad SMARTS) is 1. The highest BCUT2D eigenvalue weighted by Gasteiger charge is 2.07. The Morgan fingerprint density at radius 3 is 2.74 bits per heavy atom. The number of benzene rings is 1. The van der Waals surface area contributed by atoms with Crippen molar-refractivity contribution in [1.82, 2.24) is 15.0 Å². The van der Waals surface area contributed by atoms with Gasteiger partial charge < -0.3 is 9.84 Å². The summed E-state index contributed by atoms with van der Waals surface area (Å²) in [5, 5.41) is 16.5. The lowest BCUT2D eigenvalue weighted by Gasteiger charge is -2.06. The van der Waals surface area contributed by atoms with Crippen LogP contribution in [0, 0.1) is 0 Å². The first-order valence-electron chi connectivity index (χ1n) is 5.95. The second-order valence-electron chi connectivity index (χ2n) is 4.07. The highest BCUT2D eigenvalue weighted by Crippen LogP contribution is 2.21. The number of nitrogens with zero attached hydrogens (tertiary/aromatic N) is 3. The van der Waals surface area contributed by atoms with Gasteiger partial charge in [0.05, 0.1) is 19.0 Å². The van der Waals surface area contributed by atoms with E-state index in [2.05, 4.69) is 10.3 Å². The van der Waals surface area contributed by atoms with Crippen molar-refractivity contribution in [3.05, 3.63) is 30.5 Å². The minimum Gasteiger partial charge on any atom is -0.497 e. The van der Waals surface area contributed by atoms with Gasteiger partial charge in [-0.3, -0.25) is 4.79 Å². The van der Waals surface area contributed by atoms with Gasteiger partial charge in [0.15, 0.2) is 0 Å². The molecule has 0 aliphatic heterocycles. The van der Waals surface area contributed by atoms with Crippen LogP contribution in [0.25, 0.3) is 11.3 Å². The number of carboxylic acids is 1. The molecule has 6 heteroatoms. The van der Waals surface area contributed by atoms with Crippen LogP contribution in [0.4, 0.5) is 0 Å². The van der Waals surface area contributed by atoms with Gasteiger partial charge in [-0.05, 0) is 30.7 Å². The normalized spacial score (nSPS) is 10.4. The summed E-state index contributed by atoms with van der Waals surface area (Å²) in [6, 6.07) is 7.57. The van der Waals surface area contributed by atoms with E-state index in [9.17, 15) is 4.79 Å². The molecular weight excluding hydrogens is 246 g/mol. The predicted octanol–water partition coefficient (Wildman–Crippen LogP) is 1.82. The van der Waals surface area contributed by atoms with Gasteiger partial charge in [-0.15, -0.1) is 5.10 Å². The van der Waals surface area contributed by atoms with Crippen LogP contribution in [-0.2, 0) is 11.3 Å². The molecule has 0 amide bonds. The molecule has 1 aromatic heterocycles. The summed E-state index contributed by atoms with van der Waals surface area (Å²) in [5.41, 5.74) is 1.84. The van der Waals surface area contributed by atoms with E-state index in [0.717, 1.165) is 17.0 Å². The predicted molar refractivity (Wildman–Crippen MR) is 68.9 cm³/mol. The molecule has 1 aromatic carbocycles. The highest BCUT2D eigenvalue weighted by molar-refractivity contribution is 5.66. The molecule has 0 unspecified atom stereocenters. The van der Waals surface area contributed by atoms with Gasteiger partial charge in [-0.2, -0.15) is 0 Å². The van der Waals surface area contributed by atoms with Gasteiger partial charge in [0, 0.05) is 18.5 Å². The molecule has 0 aliphatic rings. The summed E-state index contributed by atoms with van der Waals surface area (Å²) >= 11 is 0. The average Bonchev–Trinajstić information content (AvgIpc) is 2.87. The summed E-state index contributed by atoms with van der Waals surface area (Å²) in [6.07, 6.45) is 2.33. The van der Waals surface area contributed by atoms with Crippen LogP contribution in [-0.4, -0.2) is 33.2 Å². The maximum Gasteiger partial charge on any atom is 0.303 e. The van der Waals surface area contributed by atoms with Crippen molar-refractivity contribution < 1.29 is 14.6 Å². The zero-order valence-corrected chi connectivity index (χ0v) is 10.6. The van der Waals surface area contributed by atoms with Gasteiger partial charge in [-0.25, -0.2) is 4.68 Å². The van der Waals surface area contributed by atoms with Crippen LogP contribution in [0.5, 0.6) is 5.75 Å². The second-order valence-corrected chi connectivity index (χ2v) is 4.07. The van der Waals surface area contributed by atoms with Crippen molar-refractivity contribution in [3.8, 4) is 17.0 Å². The van der Waals surface area contributed by atoms with Gasteiger partial charge in [-0.1, -0.05) is 5.21 Å². The van der Waals surface area contributed by atoms with Crippen LogP contribution >= 0.6 is 0 Å². The first-order chi connectivity index (χ1) is 9.20. The monoisotopic (exact) mass is 261 g/mol. The second kappa shape index (κ2) is 5.99. The molecule has 0 saturated carbocycles. The lowest BCUT2D eigenvalue weighted by Crippen LogP contribution is -2.05. The molecular formula is C13H15N3O3. The number of aryl methyl sites for hydroxylation is 1. The Balaban J connectivity index is 2.11. The molecule has 0 radical (unpaired) electrons. The van der Waals surface area contributed by atoms with E-state index >= 15 is 0 Å². The zero-order valence-electron chi connectivity index (χ0n) is 10.6. The smallest absolute Gasteiger partial charge is 0.303 e. The minimum atomic E-state index is -0.800. The fraction of sp³-hybridized carbons (Fsp3) is 0.308. The van der Waals surface area contributed by atoms with E-state index in [4.69, 9.17) is 9.84 Å². The van der Waals surface area contributed by atoms with Crippen LogP contribution in [0.1, 0.15) is 12.8 Å². The summed E-state index contributed by atoms with van der Waals surface area (Å²) in [7, 11) is 1.62. The van der Waals surface area contributed by atoms with E-state index in [1.54, 1.807) is 18.0 Å². The van der Waals surface area contributed by atoms with E-state index in [0.29, 0.717) is 13.0 Å². The number of ether oxygens (including phenoxy) is 1. The van der Waals surface area contributed by atoms with Crippen LogP contribution in [0.2, 0.25) is 0 Å². The van der Waals surface area contributed by atoms with Gasteiger partial charge in [0.2, 0.25) is 0 Å². The fourth-order valence-corrected chi connectivity index (χ4v) is 1.79. The zero-order chi connectivity index (χ0) is 13.7. The number of hydrogen-bond donors (Lipinski definition) is 1. The maximum absolute atomic E-state index is 10.5. The lowest BCUT2D eigenvalue weighted by atomic mass is 10.1. The van der Waals surface area contributed by atoms with E-state index in [1.807, 2.05) is 24.3 Å². The molecule has 0 aliphatic carbocycles. The average molecular weight is 261 g/mol. The largest absolute Gasteiger partial charge is 0.497 e. The number of hydrogen-bond acceptors (Lipinski definition) is 4. The number of rotatable bonds is 6. The SMILES string of the molecule is COc1ccc(-c2cnnn2CCCC(=O)O)cc1. The summed E-state index contributed by atoms with van der Waals surface area (Å²) in [5.74, 6) is -0.0141. The van der Waals surface area contributed by atoms with Crippen LogP contribution < -0.4 is 4.74 Å². The molecule has 1 N–H and O–H groups in total. The third-order valence-electron chi connectivity index (χ3n) is 2.76. The number of carbonyl (C=O) groups is 1. The van der Waals surface area contributed by atoms with Crippen molar-refractivity contribution in [2.24, 2.45) is 0 Å². The van der Waals surface area contributed by atoms with E-state index in [1.165, 1.54) is 0 Å². The Bertz CT molecular complexity index is 549. The Hall–Kier alpha value is -2.37. The van der Waals surface area contributed by atoms with Crippen molar-refractivity contribution in [2.45, 2.75) is 19.4 Å². The first kappa shape index (κ1) is 13.1. The third-order valence-corrected chi connectivity index (χ3v) is 2.76. The molecule has 0 bridgehead atoms. The standard InChI is InChI=1S/C13H15N3O3/c1-19-11-6-4-10(5-7-11)12-9-14-15-16(12)8-2-3-13(17)18/h4-7,9H,2-3,8H2,1H3,(H,17,18). The Kier molecular flexibility index (Phi) is 4.12. The maximum atomic E-state index is 10.5. The molecule has 100 valence electrons. The minimum absolute atomic E-state index is 0.127. The van der Waals surface area contributed by atoms with Gasteiger partial charge >= 0.3 is 5.97 Å². The molecule has 2 rings (SSSR count). The lowest BCUT2D eigenvalue weighted by molar-refractivity contribution is -0.137. The van der Waals surface area contributed by atoms with Gasteiger partial charge in [0.1, 0.15) is 5.75 Å². The Labute approximate surface area is 110 Å². The van der Waals surface area contributed by atoms with E-state index in [-0.39, 0.29) is 6.42 Å². The first-order valence-corrected chi connectivity index (χ1v) is 5.95. The van der Waals surface area contributed by atoms with Gasteiger partial charge in [0.25, 0.3) is 0 Å². The van der Waals surface area contributed by atoms with Crippen LogP contribution in [0.15, 0.2) is 30.5 Å². The molecule has 6 nitrogen and oxygen atoms in total. The molecule has 0 spiro atoms. The molecule has 19 heavy (non-hydrogen) atoms. The van der Waals surface area contributed by atoms with Crippen molar-refractivity contribution in [3.63, 3.8) is 0 Å². The van der Waals surface area contributed by atoms with Crippen molar-refractivity contribution in [2.75, 3.05) is 7.11 Å². The molecule has 0 saturated heterocycles.